The minimum atomic E-state index is 0.104. The van der Waals surface area contributed by atoms with Gasteiger partial charge in [-0.1, -0.05) is 12.8 Å². The van der Waals surface area contributed by atoms with Crippen LogP contribution < -0.4 is 4.74 Å². The first-order valence-electron chi connectivity index (χ1n) is 7.11. The number of alkyl halides is 1. The topological polar surface area (TPSA) is 31.4 Å². The molecule has 1 saturated heterocycles. The van der Waals surface area contributed by atoms with Crippen molar-refractivity contribution in [2.24, 2.45) is 0 Å². The van der Waals surface area contributed by atoms with Gasteiger partial charge >= 0.3 is 0 Å². The van der Waals surface area contributed by atoms with Crippen molar-refractivity contribution < 1.29 is 9.47 Å². The van der Waals surface area contributed by atoms with E-state index in [0.29, 0.717) is 5.88 Å². The fraction of sp³-hybridized carbons (Fsp3) is 0.667. The molecule has 2 heterocycles. The van der Waals surface area contributed by atoms with Gasteiger partial charge in [-0.25, -0.2) is 0 Å². The number of ether oxygens (including phenoxy) is 2. The van der Waals surface area contributed by atoms with Crippen molar-refractivity contribution >= 4 is 11.6 Å². The van der Waals surface area contributed by atoms with E-state index in [0.717, 1.165) is 30.9 Å². The van der Waals surface area contributed by atoms with Gasteiger partial charge in [-0.15, -0.1) is 11.6 Å². The Labute approximate surface area is 119 Å². The van der Waals surface area contributed by atoms with Crippen LogP contribution in [0.2, 0.25) is 0 Å². The van der Waals surface area contributed by atoms with Gasteiger partial charge in [-0.3, -0.25) is 4.98 Å². The largest absolute Gasteiger partial charge is 0.489 e. The van der Waals surface area contributed by atoms with Crippen LogP contribution in [0, 0.1) is 0 Å². The van der Waals surface area contributed by atoms with Crippen LogP contribution in [0.5, 0.6) is 5.75 Å². The molecule has 1 unspecified atom stereocenters. The lowest BCUT2D eigenvalue weighted by molar-refractivity contribution is -0.108. The molecule has 0 amide bonds. The first-order valence-corrected chi connectivity index (χ1v) is 7.65. The smallest absolute Gasteiger partial charge is 0.138 e. The number of pyridine rings is 1. The van der Waals surface area contributed by atoms with Gasteiger partial charge in [0, 0.05) is 12.8 Å². The van der Waals surface area contributed by atoms with E-state index in [1.807, 2.05) is 12.1 Å². The lowest BCUT2D eigenvalue weighted by Crippen LogP contribution is -2.41. The van der Waals surface area contributed by atoms with Crippen molar-refractivity contribution in [3.63, 3.8) is 0 Å². The summed E-state index contributed by atoms with van der Waals surface area (Å²) in [5.74, 6) is 1.29. The van der Waals surface area contributed by atoms with Crippen LogP contribution in [-0.2, 0) is 10.6 Å². The van der Waals surface area contributed by atoms with E-state index in [9.17, 15) is 0 Å². The van der Waals surface area contributed by atoms with Crippen molar-refractivity contribution in [3.05, 3.63) is 24.0 Å². The second-order valence-corrected chi connectivity index (χ2v) is 5.86. The second-order valence-electron chi connectivity index (χ2n) is 5.59. The minimum Gasteiger partial charge on any atom is -0.489 e. The fourth-order valence-electron chi connectivity index (χ4n) is 3.20. The van der Waals surface area contributed by atoms with Gasteiger partial charge in [-0.2, -0.15) is 0 Å². The molecule has 1 atom stereocenters. The molecule has 1 aliphatic carbocycles. The highest BCUT2D eigenvalue weighted by Crippen LogP contribution is 2.40. The Hall–Kier alpha value is -0.800. The van der Waals surface area contributed by atoms with Crippen LogP contribution in [0.1, 0.15) is 44.2 Å². The average Bonchev–Trinajstić information content (AvgIpc) is 2.88. The van der Waals surface area contributed by atoms with Crippen molar-refractivity contribution in [3.8, 4) is 5.75 Å². The lowest BCUT2D eigenvalue weighted by atomic mass is 9.90. The summed E-state index contributed by atoms with van der Waals surface area (Å²) >= 11 is 5.73. The first-order chi connectivity index (χ1) is 9.30. The van der Waals surface area contributed by atoms with E-state index in [1.165, 1.54) is 25.7 Å². The minimum absolute atomic E-state index is 0.104. The molecule has 1 spiro atoms. The van der Waals surface area contributed by atoms with Crippen molar-refractivity contribution in [2.45, 2.75) is 56.1 Å². The highest BCUT2D eigenvalue weighted by atomic mass is 35.5. The third kappa shape index (κ3) is 3.03. The Morgan fingerprint density at radius 2 is 2.21 bits per heavy atom. The molecule has 0 radical (unpaired) electrons. The van der Waals surface area contributed by atoms with Crippen LogP contribution >= 0.6 is 11.6 Å². The Balaban J connectivity index is 1.62. The number of aromatic nitrogens is 1. The lowest BCUT2D eigenvalue weighted by Gasteiger charge is -2.38. The maximum Gasteiger partial charge on any atom is 0.138 e. The molecule has 2 fully saturated rings. The Morgan fingerprint density at radius 3 is 2.89 bits per heavy atom. The Bertz CT molecular complexity index is 415. The molecule has 3 rings (SSSR count). The van der Waals surface area contributed by atoms with Crippen molar-refractivity contribution in [2.75, 3.05) is 6.61 Å². The second kappa shape index (κ2) is 5.68. The molecule has 19 heavy (non-hydrogen) atoms. The number of nitrogens with zero attached hydrogens (tertiary/aromatic N) is 1. The predicted octanol–water partition coefficient (Wildman–Crippen LogP) is 3.69. The van der Waals surface area contributed by atoms with Gasteiger partial charge in [0.15, 0.2) is 0 Å². The van der Waals surface area contributed by atoms with Gasteiger partial charge < -0.3 is 9.47 Å². The summed E-state index contributed by atoms with van der Waals surface area (Å²) in [4.78, 5) is 4.26. The summed E-state index contributed by atoms with van der Waals surface area (Å²) in [6, 6.07) is 3.88. The van der Waals surface area contributed by atoms with Crippen molar-refractivity contribution in [1.29, 1.82) is 0 Å². The van der Waals surface area contributed by atoms with E-state index in [-0.39, 0.29) is 11.7 Å². The highest BCUT2D eigenvalue weighted by Gasteiger charge is 2.40. The third-order valence-electron chi connectivity index (χ3n) is 4.20. The number of hydrogen-bond donors (Lipinski definition) is 0. The number of rotatable bonds is 3. The molecule has 0 bridgehead atoms. The summed E-state index contributed by atoms with van der Waals surface area (Å²) in [5.41, 5.74) is 0.986. The van der Waals surface area contributed by atoms with Crippen LogP contribution in [0.3, 0.4) is 0 Å². The normalized spacial score (nSPS) is 25.6. The van der Waals surface area contributed by atoms with E-state index in [1.54, 1.807) is 6.20 Å². The molecule has 1 aromatic rings. The molecule has 0 N–H and O–H groups in total. The molecule has 4 heteroatoms. The maximum atomic E-state index is 6.06. The highest BCUT2D eigenvalue weighted by molar-refractivity contribution is 6.16. The number of halogens is 1. The summed E-state index contributed by atoms with van der Waals surface area (Å²) in [6.07, 6.45) is 8.98. The zero-order valence-corrected chi connectivity index (χ0v) is 11.9. The van der Waals surface area contributed by atoms with Crippen LogP contribution in [0.25, 0.3) is 0 Å². The van der Waals surface area contributed by atoms with Gasteiger partial charge in [0.2, 0.25) is 0 Å². The monoisotopic (exact) mass is 281 g/mol. The van der Waals surface area contributed by atoms with Gasteiger partial charge in [-0.05, 0) is 25.0 Å². The molecular weight excluding hydrogens is 262 g/mol. The SMILES string of the molecule is ClCc1ccc(OC2CCOC3(CCCC3)C2)cn1. The summed E-state index contributed by atoms with van der Waals surface area (Å²) < 4.78 is 12.1. The van der Waals surface area contributed by atoms with E-state index < -0.39 is 0 Å². The summed E-state index contributed by atoms with van der Waals surface area (Å²) in [7, 11) is 0. The molecule has 1 aliphatic heterocycles. The van der Waals surface area contributed by atoms with Crippen LogP contribution in [-0.4, -0.2) is 23.3 Å². The Kier molecular flexibility index (Phi) is 3.94. The van der Waals surface area contributed by atoms with E-state index >= 15 is 0 Å². The van der Waals surface area contributed by atoms with Crippen molar-refractivity contribution in [1.82, 2.24) is 4.98 Å². The zero-order valence-electron chi connectivity index (χ0n) is 11.1. The van der Waals surface area contributed by atoms with Gasteiger partial charge in [0.1, 0.15) is 11.9 Å². The van der Waals surface area contributed by atoms with Crippen LogP contribution in [0.4, 0.5) is 0 Å². The van der Waals surface area contributed by atoms with E-state index in [2.05, 4.69) is 4.98 Å². The average molecular weight is 282 g/mol. The van der Waals surface area contributed by atoms with Crippen LogP contribution in [0.15, 0.2) is 18.3 Å². The number of hydrogen-bond acceptors (Lipinski definition) is 3. The molecule has 1 saturated carbocycles. The Morgan fingerprint density at radius 1 is 1.37 bits per heavy atom. The predicted molar refractivity (Wildman–Crippen MR) is 74.6 cm³/mol. The third-order valence-corrected chi connectivity index (χ3v) is 4.47. The first kappa shape index (κ1) is 13.2. The van der Waals surface area contributed by atoms with Gasteiger partial charge in [0.25, 0.3) is 0 Å². The summed E-state index contributed by atoms with van der Waals surface area (Å²) in [5, 5.41) is 0. The van der Waals surface area contributed by atoms with Gasteiger partial charge in [0.05, 0.1) is 30.0 Å². The molecule has 2 aliphatic rings. The molecule has 3 nitrogen and oxygen atoms in total. The summed E-state index contributed by atoms with van der Waals surface area (Å²) in [6.45, 7) is 0.817. The molecule has 1 aromatic heterocycles. The van der Waals surface area contributed by atoms with E-state index in [4.69, 9.17) is 21.1 Å². The molecular formula is C15H20ClNO2. The quantitative estimate of drug-likeness (QED) is 0.792. The molecule has 104 valence electrons. The zero-order chi connectivity index (χ0) is 13.1. The standard InChI is InChI=1S/C15H20ClNO2/c16-10-12-3-4-14(11-17-12)19-13-5-8-18-15(9-13)6-1-2-7-15/h3-4,11,13H,1-2,5-10H2. The maximum absolute atomic E-state index is 6.06. The molecule has 0 aromatic carbocycles. The fourth-order valence-corrected chi connectivity index (χ4v) is 3.36.